The fraction of sp³-hybridized carbons (Fsp3) is 0.250. The quantitative estimate of drug-likeness (QED) is 0.718. The zero-order valence-corrected chi connectivity index (χ0v) is 16.3. The van der Waals surface area contributed by atoms with Crippen LogP contribution in [-0.4, -0.2) is 51.7 Å². The molecule has 1 aliphatic heterocycles. The van der Waals surface area contributed by atoms with E-state index in [1.807, 2.05) is 18.3 Å². The highest BCUT2D eigenvalue weighted by Gasteiger charge is 2.11. The number of nitrogens with zero attached hydrogens (tertiary/aromatic N) is 2. The van der Waals surface area contributed by atoms with Crippen molar-refractivity contribution < 1.29 is 19.8 Å². The first-order chi connectivity index (χ1) is 13.0. The first-order valence-corrected chi connectivity index (χ1v) is 9.32. The lowest BCUT2D eigenvalue weighted by Gasteiger charge is -2.14. The fourth-order valence-electron chi connectivity index (χ4n) is 2.71. The largest absolute Gasteiger partial charge is 0.473 e. The first-order valence-electron chi connectivity index (χ1n) is 8.53. The number of aliphatic carboxylic acids is 2. The number of hydrogen-bond acceptors (Lipinski definition) is 4. The normalized spacial score (nSPS) is 14.3. The number of hydrogen-bond donors (Lipinski definition) is 2. The predicted molar refractivity (Wildman–Crippen MR) is 106 cm³/mol. The first kappa shape index (κ1) is 20.8. The smallest absolute Gasteiger partial charge is 0.414 e. The van der Waals surface area contributed by atoms with Crippen molar-refractivity contribution in [2.24, 2.45) is 0 Å². The molecular formula is C20H21BrN2O4. The van der Waals surface area contributed by atoms with Gasteiger partial charge in [-0.2, -0.15) is 0 Å². The lowest BCUT2D eigenvalue weighted by molar-refractivity contribution is -0.159. The molecule has 2 aromatic rings. The highest BCUT2D eigenvalue weighted by atomic mass is 79.9. The minimum atomic E-state index is -1.82. The third kappa shape index (κ3) is 6.96. The van der Waals surface area contributed by atoms with Gasteiger partial charge in [-0.1, -0.05) is 40.2 Å². The van der Waals surface area contributed by atoms with Crippen molar-refractivity contribution in [3.05, 3.63) is 70.5 Å². The van der Waals surface area contributed by atoms with Crippen molar-refractivity contribution in [3.63, 3.8) is 0 Å². The highest BCUT2D eigenvalue weighted by molar-refractivity contribution is 9.10. The maximum Gasteiger partial charge on any atom is 0.414 e. The van der Waals surface area contributed by atoms with Crippen LogP contribution in [-0.2, 0) is 9.59 Å². The second-order valence-corrected chi connectivity index (χ2v) is 6.87. The molecule has 2 N–H and O–H groups in total. The Balaban J connectivity index is 0.000000380. The van der Waals surface area contributed by atoms with Crippen LogP contribution in [0.25, 0.3) is 5.57 Å². The molecule has 0 aliphatic carbocycles. The third-order valence-corrected chi connectivity index (χ3v) is 4.56. The van der Waals surface area contributed by atoms with Crippen LogP contribution in [0.4, 0.5) is 0 Å². The van der Waals surface area contributed by atoms with Gasteiger partial charge in [0.05, 0.1) is 5.69 Å². The average molecular weight is 433 g/mol. The summed E-state index contributed by atoms with van der Waals surface area (Å²) in [5.41, 5.74) is 3.48. The SMILES string of the molecule is Brc1ccc(/C(=C\CN2CCCC2)c2ccccn2)cc1.O=C(O)C(=O)O. The molecule has 0 unspecified atom stereocenters. The molecule has 1 aliphatic rings. The standard InChI is InChI=1S/C18H19BrN2.C2H2O4/c19-16-8-6-15(7-9-16)17(18-5-1-2-11-20-18)10-14-21-12-3-4-13-21;3-1(4)2(5)6/h1-2,5-11H,3-4,12-14H2;(H,3,4)(H,5,6)/b17-10+;. The number of carboxylic acids is 2. The van der Waals surface area contributed by atoms with Gasteiger partial charge in [-0.3, -0.25) is 9.88 Å². The number of carboxylic acid groups (broad SMARTS) is 2. The van der Waals surface area contributed by atoms with Gasteiger partial charge in [-0.15, -0.1) is 0 Å². The van der Waals surface area contributed by atoms with E-state index >= 15 is 0 Å². The lowest BCUT2D eigenvalue weighted by atomic mass is 10.0. The van der Waals surface area contributed by atoms with Gasteiger partial charge in [0.15, 0.2) is 0 Å². The van der Waals surface area contributed by atoms with E-state index in [-0.39, 0.29) is 0 Å². The summed E-state index contributed by atoms with van der Waals surface area (Å²) in [6, 6.07) is 14.6. The Morgan fingerprint density at radius 3 is 2.19 bits per heavy atom. The molecule has 27 heavy (non-hydrogen) atoms. The van der Waals surface area contributed by atoms with E-state index < -0.39 is 11.9 Å². The van der Waals surface area contributed by atoms with Crippen LogP contribution in [0.5, 0.6) is 0 Å². The van der Waals surface area contributed by atoms with Crippen molar-refractivity contribution in [2.45, 2.75) is 12.8 Å². The molecule has 1 aromatic carbocycles. The van der Waals surface area contributed by atoms with Gasteiger partial charge in [0.2, 0.25) is 0 Å². The summed E-state index contributed by atoms with van der Waals surface area (Å²) < 4.78 is 1.10. The van der Waals surface area contributed by atoms with Gasteiger partial charge in [-0.25, -0.2) is 9.59 Å². The molecule has 1 saturated heterocycles. The molecule has 2 heterocycles. The van der Waals surface area contributed by atoms with Gasteiger partial charge < -0.3 is 10.2 Å². The van der Waals surface area contributed by atoms with Crippen LogP contribution in [0.3, 0.4) is 0 Å². The molecule has 7 heteroatoms. The number of pyridine rings is 1. The number of halogens is 1. The topological polar surface area (TPSA) is 90.7 Å². The summed E-state index contributed by atoms with van der Waals surface area (Å²) in [5, 5.41) is 14.8. The Hall–Kier alpha value is -2.51. The van der Waals surface area contributed by atoms with Gasteiger partial charge in [0.25, 0.3) is 0 Å². The maximum absolute atomic E-state index is 9.10. The van der Waals surface area contributed by atoms with E-state index in [1.54, 1.807) is 0 Å². The number of carbonyl (C=O) groups is 2. The van der Waals surface area contributed by atoms with Crippen LogP contribution in [0.15, 0.2) is 59.2 Å². The van der Waals surface area contributed by atoms with Gasteiger partial charge in [-0.05, 0) is 55.8 Å². The van der Waals surface area contributed by atoms with Crippen molar-refractivity contribution in [3.8, 4) is 0 Å². The van der Waals surface area contributed by atoms with E-state index in [1.165, 1.54) is 37.1 Å². The van der Waals surface area contributed by atoms with Gasteiger partial charge >= 0.3 is 11.9 Å². The predicted octanol–water partition coefficient (Wildman–Crippen LogP) is 3.53. The molecule has 1 fully saturated rings. The highest BCUT2D eigenvalue weighted by Crippen LogP contribution is 2.24. The Morgan fingerprint density at radius 2 is 1.67 bits per heavy atom. The lowest BCUT2D eigenvalue weighted by Crippen LogP contribution is -2.19. The second-order valence-electron chi connectivity index (χ2n) is 5.96. The fourth-order valence-corrected chi connectivity index (χ4v) is 2.97. The van der Waals surface area contributed by atoms with Crippen molar-refractivity contribution in [1.82, 2.24) is 9.88 Å². The minimum Gasteiger partial charge on any atom is -0.473 e. The molecule has 0 saturated carbocycles. The van der Waals surface area contributed by atoms with Crippen LogP contribution in [0.1, 0.15) is 24.1 Å². The van der Waals surface area contributed by atoms with E-state index in [0.717, 1.165) is 16.7 Å². The zero-order chi connectivity index (χ0) is 19.6. The third-order valence-electron chi connectivity index (χ3n) is 4.03. The van der Waals surface area contributed by atoms with E-state index in [0.29, 0.717) is 0 Å². The molecule has 1 aromatic heterocycles. The Labute approximate surface area is 166 Å². The molecule has 0 spiro atoms. The summed E-state index contributed by atoms with van der Waals surface area (Å²) in [7, 11) is 0. The molecule has 0 atom stereocenters. The Bertz CT molecular complexity index is 773. The van der Waals surface area contributed by atoms with Crippen LogP contribution < -0.4 is 0 Å². The summed E-state index contributed by atoms with van der Waals surface area (Å²) in [4.78, 5) is 25.2. The van der Waals surface area contributed by atoms with Gasteiger partial charge in [0, 0.05) is 22.8 Å². The summed E-state index contributed by atoms with van der Waals surface area (Å²) in [5.74, 6) is -3.65. The maximum atomic E-state index is 9.10. The van der Waals surface area contributed by atoms with Crippen LogP contribution in [0, 0.1) is 0 Å². The molecule has 0 bridgehead atoms. The van der Waals surface area contributed by atoms with Crippen LogP contribution in [0.2, 0.25) is 0 Å². The number of aromatic nitrogens is 1. The molecule has 6 nitrogen and oxygen atoms in total. The number of likely N-dealkylation sites (tertiary alicyclic amines) is 1. The number of rotatable bonds is 4. The molecule has 0 amide bonds. The Kier molecular flexibility index (Phi) is 8.16. The van der Waals surface area contributed by atoms with Gasteiger partial charge in [0.1, 0.15) is 0 Å². The second kappa shape index (κ2) is 10.6. The van der Waals surface area contributed by atoms with E-state index in [9.17, 15) is 0 Å². The average Bonchev–Trinajstić information content (AvgIpc) is 3.18. The Morgan fingerprint density at radius 1 is 1.04 bits per heavy atom. The van der Waals surface area contributed by atoms with Crippen LogP contribution >= 0.6 is 15.9 Å². The monoisotopic (exact) mass is 432 g/mol. The molecule has 3 rings (SSSR count). The minimum absolute atomic E-state index is 1.00. The van der Waals surface area contributed by atoms with Crippen molar-refractivity contribution in [1.29, 1.82) is 0 Å². The summed E-state index contributed by atoms with van der Waals surface area (Å²) in [6.45, 7) is 3.43. The van der Waals surface area contributed by atoms with Crippen molar-refractivity contribution >= 4 is 33.4 Å². The number of benzene rings is 1. The van der Waals surface area contributed by atoms with E-state index in [4.69, 9.17) is 19.8 Å². The summed E-state index contributed by atoms with van der Waals surface area (Å²) >= 11 is 3.50. The summed E-state index contributed by atoms with van der Waals surface area (Å²) in [6.07, 6.45) is 6.82. The molecule has 0 radical (unpaired) electrons. The zero-order valence-electron chi connectivity index (χ0n) is 14.7. The van der Waals surface area contributed by atoms with Crippen molar-refractivity contribution in [2.75, 3.05) is 19.6 Å². The molecule has 142 valence electrons. The molecular weight excluding hydrogens is 412 g/mol. The van der Waals surface area contributed by atoms with E-state index in [2.05, 4.69) is 62.2 Å².